The number of Topliss-reactive ketones (excluding diaryl/α,β-unsaturated/α-hetero) is 3. The number of nitrogens with zero attached hydrogens (tertiary/aromatic N) is 2. The van der Waals surface area contributed by atoms with Crippen LogP contribution < -0.4 is 0 Å². The number of ketones is 3. The van der Waals surface area contributed by atoms with Crippen molar-refractivity contribution in [1.82, 2.24) is 9.97 Å². The number of halogens is 3. The number of benzene rings is 4. The maximum absolute atomic E-state index is 10.7. The number of hydrogen-bond donors (Lipinski definition) is 0. The molecule has 6 aromatic rings. The largest absolute Gasteiger partial charge is 0.295 e. The molecular formula is C36H29Br3N2O3. The van der Waals surface area contributed by atoms with Crippen LogP contribution in [0.1, 0.15) is 51.8 Å². The first-order valence-electron chi connectivity index (χ1n) is 13.4. The molecule has 0 N–H and O–H groups in total. The van der Waals surface area contributed by atoms with Crippen LogP contribution in [0, 0.1) is 0 Å². The molecule has 0 aliphatic carbocycles. The van der Waals surface area contributed by atoms with Crippen molar-refractivity contribution in [3.8, 4) is 0 Å². The topological polar surface area (TPSA) is 77.0 Å². The molecule has 0 aliphatic rings. The highest BCUT2D eigenvalue weighted by atomic mass is 79.9. The fraction of sp³-hybridized carbons (Fsp3) is 0.0833. The highest BCUT2D eigenvalue weighted by molar-refractivity contribution is 9.11. The van der Waals surface area contributed by atoms with Crippen LogP contribution in [-0.2, 0) is 0 Å². The Morgan fingerprint density at radius 2 is 0.705 bits per heavy atom. The standard InChI is InChI=1S/C12H8N2.3C8H7BrO/c1-3-9-5-6-10-4-2-8-14-12(10)11(9)13-7-1;3*1-6(10)7-2-4-8(9)5-3-7/h1-8H;3*2-5H,1H3. The quantitative estimate of drug-likeness (QED) is 0.132. The molecule has 8 heteroatoms. The van der Waals surface area contributed by atoms with E-state index >= 15 is 0 Å². The van der Waals surface area contributed by atoms with Gasteiger partial charge in [-0.05, 0) is 69.3 Å². The van der Waals surface area contributed by atoms with Gasteiger partial charge in [0.25, 0.3) is 0 Å². The number of hydrogen-bond acceptors (Lipinski definition) is 5. The predicted octanol–water partition coefficient (Wildman–Crippen LogP) is 10.7. The lowest BCUT2D eigenvalue weighted by Crippen LogP contribution is -1.89. The summed E-state index contributed by atoms with van der Waals surface area (Å²) in [5, 5.41) is 2.28. The molecule has 4 aromatic carbocycles. The lowest BCUT2D eigenvalue weighted by molar-refractivity contribution is 0.100. The molecule has 44 heavy (non-hydrogen) atoms. The normalized spacial score (nSPS) is 9.86. The second-order valence-electron chi connectivity index (χ2n) is 9.41. The predicted molar refractivity (Wildman–Crippen MR) is 189 cm³/mol. The van der Waals surface area contributed by atoms with Crippen LogP contribution in [-0.4, -0.2) is 27.3 Å². The lowest BCUT2D eigenvalue weighted by atomic mass is 10.1. The molecule has 0 unspecified atom stereocenters. The minimum Gasteiger partial charge on any atom is -0.295 e. The molecule has 0 bridgehead atoms. The van der Waals surface area contributed by atoms with Gasteiger partial charge in [-0.1, -0.05) is 108 Å². The number of fused-ring (bicyclic) bond motifs is 3. The van der Waals surface area contributed by atoms with Gasteiger partial charge in [0.1, 0.15) is 0 Å². The van der Waals surface area contributed by atoms with Gasteiger partial charge < -0.3 is 0 Å². The number of rotatable bonds is 3. The Balaban J connectivity index is 0.000000163. The minimum atomic E-state index is 0.104. The summed E-state index contributed by atoms with van der Waals surface area (Å²) in [6.45, 7) is 4.68. The van der Waals surface area contributed by atoms with Gasteiger partial charge in [0.05, 0.1) is 11.0 Å². The van der Waals surface area contributed by atoms with Gasteiger partial charge in [0, 0.05) is 53.3 Å². The van der Waals surface area contributed by atoms with Crippen molar-refractivity contribution in [3.05, 3.63) is 152 Å². The highest BCUT2D eigenvalue weighted by Gasteiger charge is 2.00. The summed E-state index contributed by atoms with van der Waals surface area (Å²) in [4.78, 5) is 40.9. The van der Waals surface area contributed by atoms with Crippen molar-refractivity contribution in [2.45, 2.75) is 20.8 Å². The van der Waals surface area contributed by atoms with Crippen molar-refractivity contribution in [2.24, 2.45) is 0 Å². The zero-order valence-electron chi connectivity index (χ0n) is 24.3. The van der Waals surface area contributed by atoms with E-state index in [0.717, 1.165) is 51.9 Å². The summed E-state index contributed by atoms with van der Waals surface area (Å²) in [5.74, 6) is 0.313. The molecule has 0 atom stereocenters. The van der Waals surface area contributed by atoms with Crippen LogP contribution in [0.5, 0.6) is 0 Å². The Bertz CT molecular complexity index is 1670. The molecule has 5 nitrogen and oxygen atoms in total. The lowest BCUT2D eigenvalue weighted by Gasteiger charge is -2.00. The number of carbonyl (C=O) groups excluding carboxylic acids is 3. The molecule has 2 heterocycles. The summed E-state index contributed by atoms with van der Waals surface area (Å²) in [5.41, 5.74) is 4.21. The van der Waals surface area contributed by atoms with E-state index in [1.54, 1.807) is 69.6 Å². The minimum absolute atomic E-state index is 0.104. The molecule has 6 rings (SSSR count). The van der Waals surface area contributed by atoms with Crippen LogP contribution in [0.4, 0.5) is 0 Å². The van der Waals surface area contributed by atoms with Crippen LogP contribution in [0.2, 0.25) is 0 Å². The van der Waals surface area contributed by atoms with E-state index in [4.69, 9.17) is 0 Å². The molecule has 0 radical (unpaired) electrons. The fourth-order valence-electron chi connectivity index (χ4n) is 3.73. The van der Waals surface area contributed by atoms with E-state index in [2.05, 4.69) is 82.0 Å². The van der Waals surface area contributed by atoms with Crippen LogP contribution in [0.3, 0.4) is 0 Å². The Morgan fingerprint density at radius 1 is 0.432 bits per heavy atom. The van der Waals surface area contributed by atoms with E-state index in [1.807, 2.05) is 48.5 Å². The molecular weight excluding hydrogens is 748 g/mol. The van der Waals surface area contributed by atoms with E-state index in [9.17, 15) is 14.4 Å². The van der Waals surface area contributed by atoms with Gasteiger partial charge in [-0.2, -0.15) is 0 Å². The highest BCUT2D eigenvalue weighted by Crippen LogP contribution is 2.20. The Labute approximate surface area is 282 Å². The first kappa shape index (κ1) is 34.6. The van der Waals surface area contributed by atoms with E-state index < -0.39 is 0 Å². The van der Waals surface area contributed by atoms with E-state index in [0.29, 0.717) is 0 Å². The summed E-state index contributed by atoms with van der Waals surface area (Å²) < 4.78 is 2.99. The van der Waals surface area contributed by atoms with Gasteiger partial charge in [0.2, 0.25) is 0 Å². The molecule has 0 spiro atoms. The maximum atomic E-state index is 10.7. The van der Waals surface area contributed by atoms with Crippen molar-refractivity contribution in [2.75, 3.05) is 0 Å². The Kier molecular flexibility index (Phi) is 13.7. The molecule has 2 aromatic heterocycles. The SMILES string of the molecule is CC(=O)c1ccc(Br)cc1.CC(=O)c1ccc(Br)cc1.CC(=O)c1ccc(Br)cc1.c1cnc2c(c1)ccc1cccnc12. The van der Waals surface area contributed by atoms with Crippen molar-refractivity contribution >= 4 is 86.9 Å². The zero-order chi connectivity index (χ0) is 32.1. The molecule has 0 amide bonds. The zero-order valence-corrected chi connectivity index (χ0v) is 29.1. The third-order valence-electron chi connectivity index (χ3n) is 6.10. The van der Waals surface area contributed by atoms with Gasteiger partial charge in [-0.25, -0.2) is 0 Å². The average molecular weight is 777 g/mol. The van der Waals surface area contributed by atoms with Crippen molar-refractivity contribution in [3.63, 3.8) is 0 Å². The van der Waals surface area contributed by atoms with Crippen LogP contribution >= 0.6 is 47.8 Å². The summed E-state index contributed by atoms with van der Waals surface area (Å²) in [7, 11) is 0. The second-order valence-corrected chi connectivity index (χ2v) is 12.2. The fourth-order valence-corrected chi connectivity index (χ4v) is 4.53. The molecule has 0 saturated heterocycles. The smallest absolute Gasteiger partial charge is 0.159 e. The Morgan fingerprint density at radius 3 is 0.955 bits per heavy atom. The van der Waals surface area contributed by atoms with Gasteiger partial charge in [-0.15, -0.1) is 0 Å². The molecule has 0 saturated carbocycles. The average Bonchev–Trinajstić information content (AvgIpc) is 3.02. The van der Waals surface area contributed by atoms with E-state index in [1.165, 1.54) is 0 Å². The summed E-state index contributed by atoms with van der Waals surface area (Å²) in [6.07, 6.45) is 3.60. The van der Waals surface area contributed by atoms with Crippen molar-refractivity contribution < 1.29 is 14.4 Å². The van der Waals surface area contributed by atoms with Crippen LogP contribution in [0.25, 0.3) is 21.8 Å². The van der Waals surface area contributed by atoms with Crippen LogP contribution in [0.15, 0.2) is 135 Å². The maximum Gasteiger partial charge on any atom is 0.159 e. The molecule has 0 fully saturated rings. The van der Waals surface area contributed by atoms with Gasteiger partial charge in [-0.3, -0.25) is 24.4 Å². The Hall–Kier alpha value is -3.85. The van der Waals surface area contributed by atoms with E-state index in [-0.39, 0.29) is 17.3 Å². The second kappa shape index (κ2) is 17.4. The third kappa shape index (κ3) is 11.0. The molecule has 222 valence electrons. The number of aromatic nitrogens is 2. The van der Waals surface area contributed by atoms with Gasteiger partial charge in [0.15, 0.2) is 17.3 Å². The third-order valence-corrected chi connectivity index (χ3v) is 7.68. The first-order chi connectivity index (χ1) is 21.0. The van der Waals surface area contributed by atoms with Crippen molar-refractivity contribution in [1.29, 1.82) is 0 Å². The monoisotopic (exact) mass is 774 g/mol. The first-order valence-corrected chi connectivity index (χ1v) is 15.8. The molecule has 0 aliphatic heterocycles. The van der Waals surface area contributed by atoms with Gasteiger partial charge >= 0.3 is 0 Å². The summed E-state index contributed by atoms with van der Waals surface area (Å²) >= 11 is 9.85. The summed E-state index contributed by atoms with van der Waals surface area (Å²) in [6, 6.07) is 34.1. The number of pyridine rings is 2. The number of carbonyl (C=O) groups is 3.